The molecule has 0 aromatic heterocycles. The third-order valence-corrected chi connectivity index (χ3v) is 2.23. The second-order valence-electron chi connectivity index (χ2n) is 4.58. The summed E-state index contributed by atoms with van der Waals surface area (Å²) in [6.45, 7) is 4.94. The first kappa shape index (κ1) is 16.4. The van der Waals surface area contributed by atoms with Gasteiger partial charge >= 0.3 is 5.97 Å². The lowest BCUT2D eigenvalue weighted by molar-refractivity contribution is -0.141. The zero-order valence-electron chi connectivity index (χ0n) is 10.9. The summed E-state index contributed by atoms with van der Waals surface area (Å²) in [6, 6.07) is -1.64. The van der Waals surface area contributed by atoms with Gasteiger partial charge in [-0.3, -0.25) is 14.4 Å². The predicted molar refractivity (Wildman–Crippen MR) is 65.7 cm³/mol. The molecule has 104 valence electrons. The first-order valence-electron chi connectivity index (χ1n) is 5.79. The molecule has 0 aliphatic heterocycles. The number of hydrogen-bond donors (Lipinski definition) is 4. The first-order chi connectivity index (χ1) is 8.23. The van der Waals surface area contributed by atoms with Crippen LogP contribution < -0.4 is 16.4 Å². The van der Waals surface area contributed by atoms with Crippen molar-refractivity contribution in [2.75, 3.05) is 6.54 Å². The minimum Gasteiger partial charge on any atom is -0.480 e. The van der Waals surface area contributed by atoms with Gasteiger partial charge in [0.15, 0.2) is 0 Å². The molecule has 0 aromatic rings. The van der Waals surface area contributed by atoms with Crippen molar-refractivity contribution in [3.8, 4) is 0 Å². The number of nitrogens with two attached hydrogens (primary N) is 1. The Hall–Kier alpha value is -1.63. The van der Waals surface area contributed by atoms with Gasteiger partial charge in [0.25, 0.3) is 0 Å². The molecule has 7 nitrogen and oxygen atoms in total. The maximum atomic E-state index is 11.5. The summed E-state index contributed by atoms with van der Waals surface area (Å²) in [5, 5.41) is 13.2. The highest BCUT2D eigenvalue weighted by molar-refractivity contribution is 5.89. The highest BCUT2D eigenvalue weighted by Gasteiger charge is 2.17. The molecule has 7 heteroatoms. The summed E-state index contributed by atoms with van der Waals surface area (Å²) < 4.78 is 0. The molecule has 0 saturated heterocycles. The summed E-state index contributed by atoms with van der Waals surface area (Å²) in [5.74, 6) is -1.82. The molecule has 2 unspecified atom stereocenters. The topological polar surface area (TPSA) is 122 Å². The van der Waals surface area contributed by atoms with Crippen LogP contribution in [0.5, 0.6) is 0 Å². The summed E-state index contributed by atoms with van der Waals surface area (Å²) in [4.78, 5) is 33.2. The Morgan fingerprint density at radius 2 is 1.78 bits per heavy atom. The largest absolute Gasteiger partial charge is 0.480 e. The quantitative estimate of drug-likeness (QED) is 0.470. The van der Waals surface area contributed by atoms with Crippen LogP contribution in [-0.2, 0) is 14.4 Å². The van der Waals surface area contributed by atoms with Crippen LogP contribution >= 0.6 is 0 Å². The van der Waals surface area contributed by atoms with E-state index in [1.165, 1.54) is 6.92 Å². The normalized spacial score (nSPS) is 13.8. The van der Waals surface area contributed by atoms with Crippen LogP contribution in [0, 0.1) is 5.92 Å². The van der Waals surface area contributed by atoms with Crippen molar-refractivity contribution in [3.63, 3.8) is 0 Å². The minimum atomic E-state index is -1.13. The van der Waals surface area contributed by atoms with Crippen LogP contribution in [0.15, 0.2) is 0 Å². The number of carboxylic acids is 1. The second kappa shape index (κ2) is 7.65. The van der Waals surface area contributed by atoms with E-state index >= 15 is 0 Å². The molecule has 0 bridgehead atoms. The Bertz CT molecular complexity index is 317. The lowest BCUT2D eigenvalue weighted by Gasteiger charge is -2.14. The van der Waals surface area contributed by atoms with Crippen molar-refractivity contribution in [3.05, 3.63) is 0 Å². The maximum absolute atomic E-state index is 11.5. The maximum Gasteiger partial charge on any atom is 0.325 e. The number of amides is 2. The molecule has 0 saturated carbocycles. The monoisotopic (exact) mass is 259 g/mol. The third kappa shape index (κ3) is 6.85. The van der Waals surface area contributed by atoms with Crippen LogP contribution in [0.2, 0.25) is 0 Å². The highest BCUT2D eigenvalue weighted by atomic mass is 16.4. The number of aliphatic carboxylic acids is 1. The van der Waals surface area contributed by atoms with E-state index < -0.39 is 29.9 Å². The zero-order chi connectivity index (χ0) is 14.3. The van der Waals surface area contributed by atoms with Crippen molar-refractivity contribution in [2.45, 2.75) is 39.3 Å². The van der Waals surface area contributed by atoms with Crippen LogP contribution in [0.25, 0.3) is 0 Å². The molecule has 18 heavy (non-hydrogen) atoms. The van der Waals surface area contributed by atoms with Gasteiger partial charge in [0.05, 0.1) is 12.6 Å². The minimum absolute atomic E-state index is 0.276. The molecule has 0 radical (unpaired) electrons. The van der Waals surface area contributed by atoms with Gasteiger partial charge in [-0.1, -0.05) is 13.8 Å². The van der Waals surface area contributed by atoms with Crippen LogP contribution in [0.4, 0.5) is 0 Å². The molecule has 2 amide bonds. The average Bonchev–Trinajstić information content (AvgIpc) is 2.24. The number of rotatable bonds is 7. The van der Waals surface area contributed by atoms with E-state index in [1.807, 2.05) is 13.8 Å². The molecule has 0 heterocycles. The first-order valence-corrected chi connectivity index (χ1v) is 5.79. The summed E-state index contributed by atoms with van der Waals surface area (Å²) in [5.41, 5.74) is 5.62. The standard InChI is InChI=1S/C11H21N3O4/c1-6(2)4-8(12)10(16)13-5-9(15)14-7(3)11(17)18/h6-8H,4-5,12H2,1-3H3,(H,13,16)(H,14,15)(H,17,18). The van der Waals surface area contributed by atoms with Gasteiger partial charge in [0, 0.05) is 0 Å². The van der Waals surface area contributed by atoms with E-state index in [4.69, 9.17) is 10.8 Å². The number of nitrogens with one attached hydrogen (secondary N) is 2. The molecule has 0 aliphatic carbocycles. The highest BCUT2D eigenvalue weighted by Crippen LogP contribution is 2.02. The lowest BCUT2D eigenvalue weighted by Crippen LogP contribution is -2.47. The van der Waals surface area contributed by atoms with E-state index in [2.05, 4.69) is 10.6 Å². The summed E-state index contributed by atoms with van der Waals surface area (Å²) in [6.07, 6.45) is 0.527. The van der Waals surface area contributed by atoms with Crippen molar-refractivity contribution in [1.29, 1.82) is 0 Å². The van der Waals surface area contributed by atoms with Gasteiger partial charge in [0.2, 0.25) is 11.8 Å². The Morgan fingerprint density at radius 1 is 1.22 bits per heavy atom. The number of carboxylic acid groups (broad SMARTS) is 1. The number of carbonyl (C=O) groups excluding carboxylic acids is 2. The number of hydrogen-bond acceptors (Lipinski definition) is 4. The molecule has 2 atom stereocenters. The Labute approximate surface area is 106 Å². The van der Waals surface area contributed by atoms with Gasteiger partial charge < -0.3 is 21.5 Å². The van der Waals surface area contributed by atoms with Crippen LogP contribution in [-0.4, -0.2) is 41.5 Å². The van der Waals surface area contributed by atoms with Gasteiger partial charge in [-0.05, 0) is 19.3 Å². The fraction of sp³-hybridized carbons (Fsp3) is 0.727. The Kier molecular flexibility index (Phi) is 6.96. The van der Waals surface area contributed by atoms with Gasteiger partial charge in [0.1, 0.15) is 6.04 Å². The van der Waals surface area contributed by atoms with Crippen molar-refractivity contribution >= 4 is 17.8 Å². The van der Waals surface area contributed by atoms with Crippen LogP contribution in [0.1, 0.15) is 27.2 Å². The fourth-order valence-electron chi connectivity index (χ4n) is 1.27. The Balaban J connectivity index is 3.98. The predicted octanol–water partition coefficient (Wildman–Crippen LogP) is -0.935. The smallest absolute Gasteiger partial charge is 0.325 e. The molecule has 0 aromatic carbocycles. The molecular formula is C11H21N3O4. The van der Waals surface area contributed by atoms with Crippen molar-refractivity contribution < 1.29 is 19.5 Å². The molecular weight excluding hydrogens is 238 g/mol. The number of carbonyl (C=O) groups is 3. The van der Waals surface area contributed by atoms with E-state index in [9.17, 15) is 14.4 Å². The molecule has 5 N–H and O–H groups in total. The van der Waals surface area contributed by atoms with E-state index in [0.29, 0.717) is 6.42 Å². The Morgan fingerprint density at radius 3 is 2.22 bits per heavy atom. The molecule has 0 rings (SSSR count). The van der Waals surface area contributed by atoms with Crippen molar-refractivity contribution in [2.24, 2.45) is 11.7 Å². The van der Waals surface area contributed by atoms with Crippen molar-refractivity contribution in [1.82, 2.24) is 10.6 Å². The lowest BCUT2D eigenvalue weighted by atomic mass is 10.0. The van der Waals surface area contributed by atoms with Gasteiger partial charge in [-0.15, -0.1) is 0 Å². The summed E-state index contributed by atoms with van der Waals surface area (Å²) >= 11 is 0. The SMILES string of the molecule is CC(C)CC(N)C(=O)NCC(=O)NC(C)C(=O)O. The summed E-state index contributed by atoms with van der Waals surface area (Å²) in [7, 11) is 0. The van der Waals surface area contributed by atoms with Crippen LogP contribution in [0.3, 0.4) is 0 Å². The fourth-order valence-corrected chi connectivity index (χ4v) is 1.27. The van der Waals surface area contributed by atoms with E-state index in [0.717, 1.165) is 0 Å². The van der Waals surface area contributed by atoms with E-state index in [1.54, 1.807) is 0 Å². The average molecular weight is 259 g/mol. The third-order valence-electron chi connectivity index (χ3n) is 2.23. The molecule has 0 aliphatic rings. The molecule has 0 spiro atoms. The van der Waals surface area contributed by atoms with E-state index in [-0.39, 0.29) is 12.5 Å². The van der Waals surface area contributed by atoms with Gasteiger partial charge in [-0.2, -0.15) is 0 Å². The van der Waals surface area contributed by atoms with Gasteiger partial charge in [-0.25, -0.2) is 0 Å². The second-order valence-corrected chi connectivity index (χ2v) is 4.58. The molecule has 0 fully saturated rings. The zero-order valence-corrected chi connectivity index (χ0v) is 10.9.